The highest BCUT2D eigenvalue weighted by atomic mass is 79.9. The SMILES string of the molecule is O=C(C[NH+]1CC[NH+](Cc2ccc(Br)s2)CC1)Nc1cccc(F)c1. The van der Waals surface area contributed by atoms with Crippen LogP contribution in [0.3, 0.4) is 0 Å². The van der Waals surface area contributed by atoms with Gasteiger partial charge in [0.2, 0.25) is 0 Å². The van der Waals surface area contributed by atoms with E-state index in [0.717, 1.165) is 32.7 Å². The van der Waals surface area contributed by atoms with Gasteiger partial charge in [-0.25, -0.2) is 4.39 Å². The number of nitrogens with one attached hydrogen (secondary N) is 3. The molecule has 2 heterocycles. The lowest BCUT2D eigenvalue weighted by molar-refractivity contribution is -1.01. The average molecular weight is 414 g/mol. The third kappa shape index (κ3) is 5.11. The van der Waals surface area contributed by atoms with Crippen molar-refractivity contribution in [1.82, 2.24) is 0 Å². The third-order valence-corrected chi connectivity index (χ3v) is 5.86. The molecule has 0 radical (unpaired) electrons. The molecule has 0 bridgehead atoms. The number of carbonyl (C=O) groups is 1. The van der Waals surface area contributed by atoms with E-state index in [2.05, 4.69) is 33.4 Å². The second-order valence-electron chi connectivity index (χ2n) is 6.12. The lowest BCUT2D eigenvalue weighted by atomic mass is 10.3. The van der Waals surface area contributed by atoms with Crippen LogP contribution in [0.2, 0.25) is 0 Å². The van der Waals surface area contributed by atoms with Gasteiger partial charge in [0.1, 0.15) is 38.5 Å². The molecule has 1 amide bonds. The molecule has 0 aliphatic carbocycles. The first-order valence-electron chi connectivity index (χ1n) is 8.05. The quantitative estimate of drug-likeness (QED) is 0.658. The third-order valence-electron chi connectivity index (χ3n) is 4.24. The molecule has 3 rings (SSSR count). The summed E-state index contributed by atoms with van der Waals surface area (Å²) in [4.78, 5) is 16.4. The predicted octanol–water partition coefficient (Wildman–Crippen LogP) is 0.572. The van der Waals surface area contributed by atoms with Gasteiger partial charge in [-0.3, -0.25) is 4.79 Å². The number of amides is 1. The van der Waals surface area contributed by atoms with Crippen molar-refractivity contribution in [2.45, 2.75) is 6.54 Å². The summed E-state index contributed by atoms with van der Waals surface area (Å²) in [6, 6.07) is 10.3. The molecular weight excluding hydrogens is 393 g/mol. The first kappa shape index (κ1) is 17.5. The van der Waals surface area contributed by atoms with Crippen LogP contribution in [0.15, 0.2) is 40.2 Å². The van der Waals surface area contributed by atoms with Crippen molar-refractivity contribution in [3.8, 4) is 0 Å². The van der Waals surface area contributed by atoms with Crippen LogP contribution in [-0.2, 0) is 11.3 Å². The van der Waals surface area contributed by atoms with Crippen molar-refractivity contribution in [1.29, 1.82) is 0 Å². The number of rotatable bonds is 5. The first-order chi connectivity index (χ1) is 11.6. The topological polar surface area (TPSA) is 38.0 Å². The number of carbonyl (C=O) groups excluding carboxylic acids is 1. The Hall–Kier alpha value is -1.28. The molecule has 1 saturated heterocycles. The molecule has 0 spiro atoms. The van der Waals surface area contributed by atoms with E-state index in [1.807, 2.05) is 0 Å². The Balaban J connectivity index is 1.42. The van der Waals surface area contributed by atoms with Crippen LogP contribution in [0, 0.1) is 5.82 Å². The van der Waals surface area contributed by atoms with E-state index in [0.29, 0.717) is 12.2 Å². The minimum Gasteiger partial charge on any atom is -0.321 e. The molecule has 1 aliphatic heterocycles. The molecule has 1 aromatic heterocycles. The van der Waals surface area contributed by atoms with Crippen molar-refractivity contribution in [2.24, 2.45) is 0 Å². The molecule has 7 heteroatoms. The van der Waals surface area contributed by atoms with Crippen LogP contribution >= 0.6 is 27.3 Å². The summed E-state index contributed by atoms with van der Waals surface area (Å²) in [6.07, 6.45) is 0. The molecule has 0 atom stereocenters. The highest BCUT2D eigenvalue weighted by molar-refractivity contribution is 9.11. The standard InChI is InChI=1S/C17H19BrFN3OS/c18-16-5-4-15(24-16)11-21-6-8-22(9-7-21)12-17(23)20-14-3-1-2-13(19)10-14/h1-5,10H,6-9,11-12H2,(H,20,23)/p+2. The normalized spacial score (nSPS) is 20.8. The number of halogens is 2. The van der Waals surface area contributed by atoms with Crippen LogP contribution in [-0.4, -0.2) is 38.6 Å². The Kier molecular flexibility index (Phi) is 5.99. The Morgan fingerprint density at radius 1 is 1.17 bits per heavy atom. The van der Waals surface area contributed by atoms with Gasteiger partial charge in [0.15, 0.2) is 6.54 Å². The lowest BCUT2D eigenvalue weighted by Crippen LogP contribution is -3.28. The van der Waals surface area contributed by atoms with Gasteiger partial charge in [-0.05, 0) is 46.3 Å². The summed E-state index contributed by atoms with van der Waals surface area (Å²) in [5, 5.41) is 2.77. The Morgan fingerprint density at radius 2 is 1.92 bits per heavy atom. The Labute approximate surface area is 153 Å². The van der Waals surface area contributed by atoms with Crippen LogP contribution < -0.4 is 15.1 Å². The van der Waals surface area contributed by atoms with Gasteiger partial charge in [0.05, 0.1) is 8.66 Å². The largest absolute Gasteiger partial charge is 0.321 e. The monoisotopic (exact) mass is 413 g/mol. The highest BCUT2D eigenvalue weighted by Crippen LogP contribution is 2.21. The van der Waals surface area contributed by atoms with Crippen molar-refractivity contribution >= 4 is 38.9 Å². The average Bonchev–Trinajstić information content (AvgIpc) is 2.94. The number of benzene rings is 1. The van der Waals surface area contributed by atoms with Gasteiger partial charge in [-0.15, -0.1) is 11.3 Å². The van der Waals surface area contributed by atoms with E-state index in [4.69, 9.17) is 0 Å². The van der Waals surface area contributed by atoms with Crippen molar-refractivity contribution in [2.75, 3.05) is 38.0 Å². The zero-order valence-corrected chi connectivity index (χ0v) is 15.7. The fourth-order valence-corrected chi connectivity index (χ4v) is 4.56. The summed E-state index contributed by atoms with van der Waals surface area (Å²) in [7, 11) is 0. The van der Waals surface area contributed by atoms with Crippen LogP contribution in [0.4, 0.5) is 10.1 Å². The highest BCUT2D eigenvalue weighted by Gasteiger charge is 2.25. The summed E-state index contributed by atoms with van der Waals surface area (Å²) in [5.41, 5.74) is 0.520. The van der Waals surface area contributed by atoms with Crippen LogP contribution in [0.25, 0.3) is 0 Å². The van der Waals surface area contributed by atoms with E-state index in [1.165, 1.54) is 25.7 Å². The van der Waals surface area contributed by atoms with Gasteiger partial charge < -0.3 is 15.1 Å². The number of piperazine rings is 1. The van der Waals surface area contributed by atoms with Crippen molar-refractivity contribution in [3.05, 3.63) is 50.9 Å². The fraction of sp³-hybridized carbons (Fsp3) is 0.353. The number of anilines is 1. The van der Waals surface area contributed by atoms with Gasteiger partial charge in [-0.1, -0.05) is 6.07 Å². The summed E-state index contributed by atoms with van der Waals surface area (Å²) in [5.74, 6) is -0.390. The van der Waals surface area contributed by atoms with Gasteiger partial charge in [-0.2, -0.15) is 0 Å². The summed E-state index contributed by atoms with van der Waals surface area (Å²) >= 11 is 5.29. The maximum absolute atomic E-state index is 13.1. The number of thiophene rings is 1. The maximum atomic E-state index is 13.1. The molecule has 4 nitrogen and oxygen atoms in total. The van der Waals surface area contributed by atoms with E-state index in [1.54, 1.807) is 28.4 Å². The minimum atomic E-state index is -0.336. The molecule has 2 aromatic rings. The Morgan fingerprint density at radius 3 is 2.58 bits per heavy atom. The van der Waals surface area contributed by atoms with Crippen molar-refractivity contribution in [3.63, 3.8) is 0 Å². The smallest absolute Gasteiger partial charge is 0.279 e. The van der Waals surface area contributed by atoms with Crippen LogP contribution in [0.1, 0.15) is 4.88 Å². The number of hydrogen-bond acceptors (Lipinski definition) is 2. The summed E-state index contributed by atoms with van der Waals surface area (Å²) in [6.45, 7) is 5.60. The van der Waals surface area contributed by atoms with E-state index < -0.39 is 0 Å². The molecular formula is C17H21BrFN3OS+2. The maximum Gasteiger partial charge on any atom is 0.279 e. The van der Waals surface area contributed by atoms with E-state index in [9.17, 15) is 9.18 Å². The fourth-order valence-electron chi connectivity index (χ4n) is 3.00. The second kappa shape index (κ2) is 8.20. The summed E-state index contributed by atoms with van der Waals surface area (Å²) < 4.78 is 14.3. The zero-order valence-electron chi connectivity index (χ0n) is 13.3. The lowest BCUT2D eigenvalue weighted by Gasteiger charge is -2.29. The minimum absolute atomic E-state index is 0.0544. The first-order valence-corrected chi connectivity index (χ1v) is 9.66. The molecule has 24 heavy (non-hydrogen) atoms. The molecule has 0 saturated carbocycles. The number of hydrogen-bond donors (Lipinski definition) is 3. The van der Waals surface area contributed by atoms with Gasteiger partial charge in [0, 0.05) is 5.69 Å². The molecule has 1 aromatic carbocycles. The van der Waals surface area contributed by atoms with Crippen LogP contribution in [0.5, 0.6) is 0 Å². The molecule has 0 unspecified atom stereocenters. The second-order valence-corrected chi connectivity index (χ2v) is 8.67. The predicted molar refractivity (Wildman–Crippen MR) is 97.0 cm³/mol. The Bertz CT molecular complexity index is 701. The van der Waals surface area contributed by atoms with Gasteiger partial charge >= 0.3 is 0 Å². The number of quaternary nitrogens is 2. The van der Waals surface area contributed by atoms with E-state index in [-0.39, 0.29) is 11.7 Å². The van der Waals surface area contributed by atoms with E-state index >= 15 is 0 Å². The molecule has 1 aliphatic rings. The molecule has 3 N–H and O–H groups in total. The molecule has 1 fully saturated rings. The van der Waals surface area contributed by atoms with Gasteiger partial charge in [0.25, 0.3) is 5.91 Å². The molecule has 128 valence electrons. The van der Waals surface area contributed by atoms with Crippen molar-refractivity contribution < 1.29 is 19.0 Å². The zero-order chi connectivity index (χ0) is 16.9.